The van der Waals surface area contributed by atoms with Gasteiger partial charge in [-0.15, -0.1) is 0 Å². The number of hydrogen-bond donors (Lipinski definition) is 1. The number of carbonyl (C=O) groups excluding carboxylic acids is 1. The highest BCUT2D eigenvalue weighted by Gasteiger charge is 2.30. The van der Waals surface area contributed by atoms with Gasteiger partial charge in [0.25, 0.3) is 11.6 Å². The lowest BCUT2D eigenvalue weighted by atomic mass is 10.1. The number of carbonyl (C=O) groups is 1. The quantitative estimate of drug-likeness (QED) is 0.221. The lowest BCUT2D eigenvalue weighted by molar-refractivity contribution is -0.385. The monoisotopic (exact) mass is 281 g/mol. The van der Waals surface area contributed by atoms with Crippen LogP contribution in [0, 0.1) is 10.1 Å². The van der Waals surface area contributed by atoms with E-state index in [2.05, 4.69) is 0 Å². The Kier molecular flexibility index (Phi) is 3.41. The number of amides is 1. The van der Waals surface area contributed by atoms with Crippen LogP contribution in [0.1, 0.15) is 5.56 Å². The van der Waals surface area contributed by atoms with Gasteiger partial charge in [0.2, 0.25) is 0 Å². The van der Waals surface area contributed by atoms with Crippen molar-refractivity contribution in [2.24, 2.45) is 5.84 Å². The maximum absolute atomic E-state index is 11.7. The summed E-state index contributed by atoms with van der Waals surface area (Å²) in [7, 11) is 0. The van der Waals surface area contributed by atoms with Crippen molar-refractivity contribution < 1.29 is 9.72 Å². The summed E-state index contributed by atoms with van der Waals surface area (Å²) in [5, 5.41) is 11.7. The Balaban J connectivity index is 2.43. The van der Waals surface area contributed by atoms with Gasteiger partial charge in [0.05, 0.1) is 15.4 Å². The van der Waals surface area contributed by atoms with Crippen molar-refractivity contribution in [2.45, 2.75) is 0 Å². The van der Waals surface area contributed by atoms with Crippen LogP contribution in [0.25, 0.3) is 6.08 Å². The van der Waals surface area contributed by atoms with Crippen LogP contribution in [0.15, 0.2) is 29.2 Å². The molecule has 0 spiro atoms. The second-order valence-electron chi connectivity index (χ2n) is 3.37. The molecule has 1 aliphatic rings. The molecule has 0 atom stereocenters. The van der Waals surface area contributed by atoms with Crippen molar-refractivity contribution in [3.8, 4) is 0 Å². The number of nitrogens with zero attached hydrogens (tertiary/aromatic N) is 2. The zero-order valence-corrected chi connectivity index (χ0v) is 10.5. The molecular weight excluding hydrogens is 274 g/mol. The van der Waals surface area contributed by atoms with Crippen LogP contribution in [0.2, 0.25) is 0 Å². The first kappa shape index (κ1) is 12.7. The number of para-hydroxylation sites is 1. The van der Waals surface area contributed by atoms with Crippen LogP contribution < -0.4 is 5.84 Å². The molecule has 0 unspecified atom stereocenters. The summed E-state index contributed by atoms with van der Waals surface area (Å²) >= 11 is 5.88. The van der Waals surface area contributed by atoms with Gasteiger partial charge in [0.15, 0.2) is 4.32 Å². The molecule has 2 N–H and O–H groups in total. The van der Waals surface area contributed by atoms with Gasteiger partial charge in [-0.3, -0.25) is 14.9 Å². The van der Waals surface area contributed by atoms with E-state index in [9.17, 15) is 14.9 Å². The van der Waals surface area contributed by atoms with Crippen molar-refractivity contribution in [1.82, 2.24) is 5.01 Å². The van der Waals surface area contributed by atoms with Crippen LogP contribution in [-0.2, 0) is 4.79 Å². The van der Waals surface area contributed by atoms with E-state index < -0.39 is 10.8 Å². The van der Waals surface area contributed by atoms with Crippen molar-refractivity contribution in [3.63, 3.8) is 0 Å². The average molecular weight is 281 g/mol. The molecule has 18 heavy (non-hydrogen) atoms. The molecule has 2 rings (SSSR count). The molecule has 0 aliphatic carbocycles. The number of thiocarbonyl (C=S) groups is 1. The fraction of sp³-hybridized carbons (Fsp3) is 0. The SMILES string of the molecule is NN1C(=O)/C(=C/c2ccccc2[N+](=O)[O-])SC1=S. The lowest BCUT2D eigenvalue weighted by Crippen LogP contribution is -2.34. The van der Waals surface area contributed by atoms with E-state index in [4.69, 9.17) is 18.1 Å². The van der Waals surface area contributed by atoms with E-state index in [0.29, 0.717) is 5.56 Å². The third-order valence-electron chi connectivity index (χ3n) is 2.24. The smallest absolute Gasteiger partial charge is 0.267 e. The number of nitro groups is 1. The second-order valence-corrected chi connectivity index (χ2v) is 5.04. The van der Waals surface area contributed by atoms with Gasteiger partial charge in [0.1, 0.15) is 0 Å². The number of rotatable bonds is 2. The van der Waals surface area contributed by atoms with Crippen LogP contribution in [0.3, 0.4) is 0 Å². The number of hydrogen-bond acceptors (Lipinski definition) is 6. The minimum atomic E-state index is -0.505. The Labute approximate surface area is 112 Å². The predicted molar refractivity (Wildman–Crippen MR) is 72.3 cm³/mol. The van der Waals surface area contributed by atoms with Gasteiger partial charge in [-0.2, -0.15) is 0 Å². The molecule has 1 heterocycles. The molecule has 0 bridgehead atoms. The second kappa shape index (κ2) is 4.84. The van der Waals surface area contributed by atoms with Gasteiger partial charge in [-0.25, -0.2) is 10.9 Å². The fourth-order valence-electron chi connectivity index (χ4n) is 1.40. The first-order valence-corrected chi connectivity index (χ1v) is 5.99. The van der Waals surface area contributed by atoms with Crippen molar-refractivity contribution in [2.75, 3.05) is 0 Å². The van der Waals surface area contributed by atoms with Crippen LogP contribution >= 0.6 is 24.0 Å². The highest BCUT2D eigenvalue weighted by molar-refractivity contribution is 8.26. The van der Waals surface area contributed by atoms with Gasteiger partial charge in [-0.1, -0.05) is 36.1 Å². The molecule has 0 radical (unpaired) electrons. The molecule has 1 fully saturated rings. The Morgan fingerprint density at radius 3 is 2.67 bits per heavy atom. The molecule has 0 saturated carbocycles. The van der Waals surface area contributed by atoms with Gasteiger partial charge in [-0.05, 0) is 12.1 Å². The summed E-state index contributed by atoms with van der Waals surface area (Å²) in [5.41, 5.74) is 0.274. The fourth-order valence-corrected chi connectivity index (χ4v) is 2.49. The minimum Gasteiger partial charge on any atom is -0.267 e. The zero-order chi connectivity index (χ0) is 13.3. The summed E-state index contributed by atoms with van der Waals surface area (Å²) < 4.78 is 0.227. The van der Waals surface area contributed by atoms with E-state index >= 15 is 0 Å². The Morgan fingerprint density at radius 1 is 1.44 bits per heavy atom. The summed E-state index contributed by atoms with van der Waals surface area (Å²) in [6.07, 6.45) is 1.42. The van der Waals surface area contributed by atoms with E-state index in [1.54, 1.807) is 18.2 Å². The molecule has 0 aromatic heterocycles. The van der Waals surface area contributed by atoms with Crippen LogP contribution in [0.5, 0.6) is 0 Å². The lowest BCUT2D eigenvalue weighted by Gasteiger charge is -2.03. The Bertz CT molecular complexity index is 585. The van der Waals surface area contributed by atoms with Crippen molar-refractivity contribution in [1.29, 1.82) is 0 Å². The molecular formula is C10H7N3O3S2. The topological polar surface area (TPSA) is 89.5 Å². The molecule has 8 heteroatoms. The molecule has 1 amide bonds. The number of benzene rings is 1. The third-order valence-corrected chi connectivity index (χ3v) is 3.57. The van der Waals surface area contributed by atoms with E-state index in [0.717, 1.165) is 16.8 Å². The number of nitro benzene ring substituents is 1. The summed E-state index contributed by atoms with van der Waals surface area (Å²) in [6.45, 7) is 0. The predicted octanol–water partition coefficient (Wildman–Crippen LogP) is 1.67. The first-order chi connectivity index (χ1) is 8.50. The highest BCUT2D eigenvalue weighted by Crippen LogP contribution is 2.32. The van der Waals surface area contributed by atoms with E-state index in [1.807, 2.05) is 0 Å². The summed E-state index contributed by atoms with van der Waals surface area (Å²) in [4.78, 5) is 22.3. The van der Waals surface area contributed by atoms with E-state index in [-0.39, 0.29) is 14.9 Å². The average Bonchev–Trinajstić information content (AvgIpc) is 2.57. The zero-order valence-electron chi connectivity index (χ0n) is 8.90. The van der Waals surface area contributed by atoms with Gasteiger partial charge in [0, 0.05) is 6.07 Å². The number of nitrogens with two attached hydrogens (primary N) is 1. The van der Waals surface area contributed by atoms with E-state index in [1.165, 1.54) is 12.1 Å². The third kappa shape index (κ3) is 2.26. The molecule has 1 aliphatic heterocycles. The molecule has 1 saturated heterocycles. The molecule has 1 aromatic rings. The van der Waals surface area contributed by atoms with Gasteiger partial charge >= 0.3 is 0 Å². The summed E-state index contributed by atoms with van der Waals surface area (Å²) in [6, 6.07) is 6.14. The van der Waals surface area contributed by atoms with Crippen molar-refractivity contribution >= 4 is 46.0 Å². The minimum absolute atomic E-state index is 0.0696. The molecule has 1 aromatic carbocycles. The normalized spacial score (nSPS) is 17.6. The van der Waals surface area contributed by atoms with Gasteiger partial charge < -0.3 is 0 Å². The number of hydrazine groups is 1. The number of thioether (sulfide) groups is 1. The highest BCUT2D eigenvalue weighted by atomic mass is 32.2. The Morgan fingerprint density at radius 2 is 2.11 bits per heavy atom. The summed E-state index contributed by atoms with van der Waals surface area (Å²) in [5.74, 6) is 4.96. The first-order valence-electron chi connectivity index (χ1n) is 4.77. The molecule has 92 valence electrons. The maximum atomic E-state index is 11.7. The van der Waals surface area contributed by atoms with Crippen LogP contribution in [-0.4, -0.2) is 20.2 Å². The van der Waals surface area contributed by atoms with Crippen molar-refractivity contribution in [3.05, 3.63) is 44.8 Å². The van der Waals surface area contributed by atoms with Crippen LogP contribution in [0.4, 0.5) is 5.69 Å². The maximum Gasteiger partial charge on any atom is 0.280 e. The largest absolute Gasteiger partial charge is 0.280 e. The molecule has 6 nitrogen and oxygen atoms in total. The standard InChI is InChI=1S/C10H7N3O3S2/c11-12-9(14)8(18-10(12)17)5-6-3-1-2-4-7(6)13(15)16/h1-5H,11H2/b8-5-. The Hall–Kier alpha value is -1.77.